The lowest BCUT2D eigenvalue weighted by Crippen LogP contribution is -2.52. The molecule has 2 fully saturated rings. The van der Waals surface area contributed by atoms with Gasteiger partial charge in [0.05, 0.1) is 11.9 Å². The quantitative estimate of drug-likeness (QED) is 0.509. The Morgan fingerprint density at radius 3 is 2.74 bits per heavy atom. The van der Waals surface area contributed by atoms with Gasteiger partial charge in [-0.2, -0.15) is 0 Å². The van der Waals surface area contributed by atoms with E-state index in [0.29, 0.717) is 30.5 Å². The molecule has 2 unspecified atom stereocenters. The minimum absolute atomic E-state index is 0.0515. The van der Waals surface area contributed by atoms with E-state index in [2.05, 4.69) is 40.7 Å². The van der Waals surface area contributed by atoms with E-state index in [0.717, 1.165) is 12.0 Å². The van der Waals surface area contributed by atoms with Crippen LogP contribution < -0.4 is 10.6 Å². The van der Waals surface area contributed by atoms with E-state index in [-0.39, 0.29) is 35.9 Å². The Labute approximate surface area is 202 Å². The molecule has 1 saturated carbocycles. The molecule has 1 aromatic carbocycles. The number of nitrogens with one attached hydrogen (secondary N) is 2. The Morgan fingerprint density at radius 2 is 2.06 bits per heavy atom. The molecule has 3 heterocycles. The van der Waals surface area contributed by atoms with E-state index in [4.69, 9.17) is 6.42 Å². The smallest absolute Gasteiger partial charge is 0.274 e. The number of aromatic nitrogens is 3. The fourth-order valence-corrected chi connectivity index (χ4v) is 5.27. The van der Waals surface area contributed by atoms with Gasteiger partial charge in [0, 0.05) is 18.5 Å². The zero-order chi connectivity index (χ0) is 25.0. The maximum Gasteiger partial charge on any atom is 0.274 e. The summed E-state index contributed by atoms with van der Waals surface area (Å²) in [6.45, 7) is 4.55. The number of hydrogen-bond donors (Lipinski definition) is 2. The highest BCUT2D eigenvalue weighted by Crippen LogP contribution is 2.43. The van der Waals surface area contributed by atoms with Gasteiger partial charge in [-0.3, -0.25) is 24.5 Å². The molecular weight excluding hydrogens is 448 g/mol. The summed E-state index contributed by atoms with van der Waals surface area (Å²) in [7, 11) is 0. The maximum absolute atomic E-state index is 13.1. The zero-order valence-electron chi connectivity index (χ0n) is 19.6. The topological polar surface area (TPSA) is 126 Å². The van der Waals surface area contributed by atoms with Crippen LogP contribution in [0.15, 0.2) is 24.4 Å². The number of carbonyl (C=O) groups excluding carboxylic acids is 4. The lowest BCUT2D eigenvalue weighted by Gasteiger charge is -2.29. The van der Waals surface area contributed by atoms with E-state index >= 15 is 0 Å². The van der Waals surface area contributed by atoms with Gasteiger partial charge in [-0.25, -0.2) is 4.68 Å². The van der Waals surface area contributed by atoms with Gasteiger partial charge in [0.1, 0.15) is 11.6 Å². The largest absolute Gasteiger partial charge is 0.334 e. The monoisotopic (exact) mass is 474 g/mol. The second kappa shape index (κ2) is 8.05. The molecule has 2 N–H and O–H groups in total. The van der Waals surface area contributed by atoms with Gasteiger partial charge in [-0.15, -0.1) is 11.5 Å². The predicted octanol–water partition coefficient (Wildman–Crippen LogP) is 1.34. The van der Waals surface area contributed by atoms with Crippen molar-refractivity contribution >= 4 is 23.6 Å². The number of fused-ring (bicyclic) bond motifs is 1. The Hall–Kier alpha value is -4.00. The van der Waals surface area contributed by atoms with Crippen molar-refractivity contribution in [2.45, 2.75) is 64.1 Å². The Balaban J connectivity index is 1.33. The molecule has 0 radical (unpaired) electrons. The number of piperidine rings is 1. The number of hydrogen-bond acceptors (Lipinski definition) is 6. The number of terminal acetylenes is 1. The maximum atomic E-state index is 13.1. The van der Waals surface area contributed by atoms with Crippen LogP contribution in [0.5, 0.6) is 0 Å². The van der Waals surface area contributed by atoms with Crippen LogP contribution in [0.1, 0.15) is 72.4 Å². The molecule has 2 atom stereocenters. The minimum Gasteiger partial charge on any atom is -0.334 e. The molecule has 0 spiro atoms. The first-order valence-corrected chi connectivity index (χ1v) is 11.6. The summed E-state index contributed by atoms with van der Waals surface area (Å²) in [6, 6.07) is 4.56. The Kier molecular flexibility index (Phi) is 5.24. The highest BCUT2D eigenvalue weighted by molar-refractivity contribution is 6.05. The summed E-state index contributed by atoms with van der Waals surface area (Å²) < 4.78 is 1.43. The van der Waals surface area contributed by atoms with Crippen LogP contribution in [-0.2, 0) is 16.1 Å². The lowest BCUT2D eigenvalue weighted by atomic mass is 9.88. The third-order valence-electron chi connectivity index (χ3n) is 7.14. The third kappa shape index (κ3) is 4.07. The van der Waals surface area contributed by atoms with Crippen molar-refractivity contribution in [3.63, 3.8) is 0 Å². The predicted molar refractivity (Wildman–Crippen MR) is 124 cm³/mol. The van der Waals surface area contributed by atoms with Crippen LogP contribution in [0.2, 0.25) is 0 Å². The van der Waals surface area contributed by atoms with Crippen LogP contribution in [-0.4, -0.2) is 55.1 Å². The normalized spacial score (nSPS) is 25.2. The number of imide groups is 1. The second-order valence-corrected chi connectivity index (χ2v) is 10.3. The summed E-state index contributed by atoms with van der Waals surface area (Å²) in [4.78, 5) is 51.1. The second-order valence-electron chi connectivity index (χ2n) is 10.3. The number of nitrogens with zero attached hydrogens (tertiary/aromatic N) is 4. The molecule has 5 rings (SSSR count). The number of amides is 4. The van der Waals surface area contributed by atoms with Gasteiger partial charge in [-0.05, 0) is 48.8 Å². The van der Waals surface area contributed by atoms with Gasteiger partial charge >= 0.3 is 0 Å². The van der Waals surface area contributed by atoms with E-state index < -0.39 is 23.4 Å². The highest BCUT2D eigenvalue weighted by atomic mass is 16.2. The van der Waals surface area contributed by atoms with E-state index in [1.54, 1.807) is 18.2 Å². The average Bonchev–Trinajstić information content (AvgIpc) is 3.50. The van der Waals surface area contributed by atoms with Crippen LogP contribution >= 0.6 is 0 Å². The first-order valence-electron chi connectivity index (χ1n) is 11.6. The average molecular weight is 475 g/mol. The zero-order valence-corrected chi connectivity index (χ0v) is 19.6. The van der Waals surface area contributed by atoms with Gasteiger partial charge in [0.2, 0.25) is 11.8 Å². The van der Waals surface area contributed by atoms with Crippen molar-refractivity contribution in [2.75, 3.05) is 0 Å². The summed E-state index contributed by atoms with van der Waals surface area (Å²) in [5.74, 6) is 1.31. The van der Waals surface area contributed by atoms with Gasteiger partial charge < -0.3 is 10.2 Å². The lowest BCUT2D eigenvalue weighted by molar-refractivity contribution is -0.136. The van der Waals surface area contributed by atoms with Gasteiger partial charge in [0.25, 0.3) is 11.8 Å². The van der Waals surface area contributed by atoms with E-state index in [1.165, 1.54) is 15.8 Å². The summed E-state index contributed by atoms with van der Waals surface area (Å²) in [5.41, 5.74) is 1.26. The van der Waals surface area contributed by atoms with Gasteiger partial charge in [0.15, 0.2) is 5.69 Å². The fourth-order valence-electron chi connectivity index (χ4n) is 5.27. The molecule has 2 aromatic rings. The molecular formula is C25H26N6O4. The fraction of sp³-hybridized carbons (Fsp3) is 0.440. The van der Waals surface area contributed by atoms with Crippen LogP contribution in [0, 0.1) is 17.8 Å². The Morgan fingerprint density at radius 1 is 1.26 bits per heavy atom. The molecule has 2 aliphatic heterocycles. The number of carbonyl (C=O) groups is 4. The van der Waals surface area contributed by atoms with Crippen molar-refractivity contribution in [1.82, 2.24) is 30.5 Å². The number of benzene rings is 1. The number of rotatable bonds is 4. The van der Waals surface area contributed by atoms with Crippen molar-refractivity contribution in [3.8, 4) is 18.0 Å². The first kappa shape index (κ1) is 22.8. The van der Waals surface area contributed by atoms with Crippen molar-refractivity contribution in [1.29, 1.82) is 0 Å². The SMILES string of the molecule is C#CC1(NC(=O)c2cn(-c3ccc4c(c3)C(=O)N(C3CCC(=O)NC3=O)C4)nn2)CCC(C)(C)C1. The van der Waals surface area contributed by atoms with E-state index in [1.807, 2.05) is 0 Å². The molecule has 3 aliphatic rings. The van der Waals surface area contributed by atoms with Crippen molar-refractivity contribution < 1.29 is 19.2 Å². The van der Waals surface area contributed by atoms with Crippen LogP contribution in [0.4, 0.5) is 0 Å². The van der Waals surface area contributed by atoms with Crippen LogP contribution in [0.3, 0.4) is 0 Å². The molecule has 1 aliphatic carbocycles. The van der Waals surface area contributed by atoms with Crippen molar-refractivity contribution in [2.24, 2.45) is 5.41 Å². The summed E-state index contributed by atoms with van der Waals surface area (Å²) in [5, 5.41) is 13.3. The molecule has 1 saturated heterocycles. The molecule has 4 amide bonds. The van der Waals surface area contributed by atoms with Crippen LogP contribution in [0.25, 0.3) is 5.69 Å². The summed E-state index contributed by atoms with van der Waals surface area (Å²) in [6.07, 6.45) is 10.1. The molecule has 180 valence electrons. The standard InChI is InChI=1S/C25H26N6O4/c1-4-25(10-9-24(2,3)14-25)27-21(33)18-13-31(29-28-18)16-6-5-15-12-30(23(35)17(15)11-16)19-7-8-20(32)26-22(19)34/h1,5-6,11,13,19H,7-10,12,14H2,2-3H3,(H,27,33)(H,26,32,34). The first-order chi connectivity index (χ1) is 16.6. The Bertz CT molecular complexity index is 1310. The summed E-state index contributed by atoms with van der Waals surface area (Å²) >= 11 is 0. The van der Waals surface area contributed by atoms with Gasteiger partial charge in [-0.1, -0.05) is 31.0 Å². The molecule has 1 aromatic heterocycles. The van der Waals surface area contributed by atoms with E-state index in [9.17, 15) is 19.2 Å². The molecule has 10 nitrogen and oxygen atoms in total. The molecule has 35 heavy (non-hydrogen) atoms. The van der Waals surface area contributed by atoms with Crippen molar-refractivity contribution in [3.05, 3.63) is 41.2 Å². The molecule has 10 heteroatoms. The highest BCUT2D eigenvalue weighted by Gasteiger charge is 2.43. The third-order valence-corrected chi connectivity index (χ3v) is 7.14. The minimum atomic E-state index is -0.705. The molecule has 0 bridgehead atoms.